The zero-order valence-electron chi connectivity index (χ0n) is 17.2. The minimum Gasteiger partial charge on any atom is -0.363 e. The van der Waals surface area contributed by atoms with Gasteiger partial charge in [-0.1, -0.05) is 71.9 Å². The maximum Gasteiger partial charge on any atom is 0.169 e. The molecule has 0 amide bonds. The molecule has 31 heavy (non-hydrogen) atoms. The third-order valence-electron chi connectivity index (χ3n) is 5.36. The number of aryl methyl sites for hydroxylation is 1. The normalized spacial score (nSPS) is 10.9. The van der Waals surface area contributed by atoms with Gasteiger partial charge in [0.1, 0.15) is 6.26 Å². The van der Waals surface area contributed by atoms with Gasteiger partial charge in [-0.05, 0) is 35.7 Å². The van der Waals surface area contributed by atoms with E-state index >= 15 is 0 Å². The largest absolute Gasteiger partial charge is 0.363 e. The molecule has 0 atom stereocenters. The minimum absolute atomic E-state index is 0.596. The highest BCUT2D eigenvalue weighted by molar-refractivity contribution is 5.70. The maximum absolute atomic E-state index is 4.93. The fourth-order valence-corrected chi connectivity index (χ4v) is 3.75. The van der Waals surface area contributed by atoms with Gasteiger partial charge in [0.05, 0.1) is 17.6 Å². The van der Waals surface area contributed by atoms with Crippen LogP contribution in [-0.2, 0) is 6.54 Å². The van der Waals surface area contributed by atoms with E-state index in [0.717, 1.165) is 22.5 Å². The van der Waals surface area contributed by atoms with Crippen molar-refractivity contribution in [2.45, 2.75) is 13.5 Å². The van der Waals surface area contributed by atoms with Gasteiger partial charge in [-0.2, -0.15) is 5.10 Å². The molecule has 1 N–H and O–H groups in total. The maximum atomic E-state index is 4.93. The molecule has 0 saturated carbocycles. The Labute approximate surface area is 181 Å². The third-order valence-corrected chi connectivity index (χ3v) is 5.36. The van der Waals surface area contributed by atoms with Crippen LogP contribution in [0.15, 0.2) is 102 Å². The Morgan fingerprint density at radius 2 is 1.58 bits per heavy atom. The van der Waals surface area contributed by atoms with Crippen LogP contribution in [0.1, 0.15) is 11.1 Å². The predicted octanol–water partition coefficient (Wildman–Crippen LogP) is 6.11. The Balaban J connectivity index is 1.54. The lowest BCUT2D eigenvalue weighted by Crippen LogP contribution is -2.04. The van der Waals surface area contributed by atoms with Crippen LogP contribution in [-0.4, -0.2) is 14.9 Å². The molecule has 0 aliphatic rings. The molecule has 3 aromatic carbocycles. The van der Waals surface area contributed by atoms with Crippen LogP contribution >= 0.6 is 0 Å². The molecule has 0 aliphatic heterocycles. The summed E-state index contributed by atoms with van der Waals surface area (Å²) in [6.45, 7) is 2.72. The van der Waals surface area contributed by atoms with Crippen LogP contribution < -0.4 is 5.32 Å². The van der Waals surface area contributed by atoms with Crippen molar-refractivity contribution in [3.8, 4) is 28.1 Å². The molecule has 2 aromatic heterocycles. The standard InChI is InChI=1S/C26H22N4O/c1-19-7-5-6-10-24(19)26-22(17-27-25-15-16-31-29-25)18-28-30(26)23-13-11-21(12-14-23)20-8-3-2-4-9-20/h2-16,18H,17H2,1H3,(H,27,29). The van der Waals surface area contributed by atoms with E-state index < -0.39 is 0 Å². The molecule has 0 unspecified atom stereocenters. The van der Waals surface area contributed by atoms with Crippen molar-refractivity contribution in [1.29, 1.82) is 0 Å². The first-order chi connectivity index (χ1) is 15.3. The highest BCUT2D eigenvalue weighted by atomic mass is 16.5. The highest BCUT2D eigenvalue weighted by Crippen LogP contribution is 2.30. The molecule has 0 radical (unpaired) electrons. The van der Waals surface area contributed by atoms with Gasteiger partial charge in [-0.3, -0.25) is 0 Å². The molecule has 2 heterocycles. The van der Waals surface area contributed by atoms with Gasteiger partial charge in [-0.25, -0.2) is 4.68 Å². The van der Waals surface area contributed by atoms with Crippen molar-refractivity contribution in [2.24, 2.45) is 0 Å². The number of hydrogen-bond donors (Lipinski definition) is 1. The van der Waals surface area contributed by atoms with E-state index in [1.807, 2.05) is 16.9 Å². The number of rotatable bonds is 6. The van der Waals surface area contributed by atoms with Gasteiger partial charge >= 0.3 is 0 Å². The molecule has 0 saturated heterocycles. The van der Waals surface area contributed by atoms with E-state index in [1.165, 1.54) is 16.7 Å². The van der Waals surface area contributed by atoms with Gasteiger partial charge in [0, 0.05) is 23.7 Å². The minimum atomic E-state index is 0.596. The lowest BCUT2D eigenvalue weighted by molar-refractivity contribution is 0.422. The van der Waals surface area contributed by atoms with Crippen LogP contribution in [0.3, 0.4) is 0 Å². The zero-order chi connectivity index (χ0) is 21.0. The van der Waals surface area contributed by atoms with Crippen LogP contribution in [0.25, 0.3) is 28.1 Å². The van der Waals surface area contributed by atoms with Gasteiger partial charge in [-0.15, -0.1) is 0 Å². The Bertz CT molecular complexity index is 1270. The fraction of sp³-hybridized carbons (Fsp3) is 0.0769. The Morgan fingerprint density at radius 3 is 2.32 bits per heavy atom. The van der Waals surface area contributed by atoms with Crippen molar-refractivity contribution in [2.75, 3.05) is 5.32 Å². The molecule has 0 bridgehead atoms. The van der Waals surface area contributed by atoms with E-state index in [-0.39, 0.29) is 0 Å². The lowest BCUT2D eigenvalue weighted by atomic mass is 10.0. The summed E-state index contributed by atoms with van der Waals surface area (Å²) in [5.41, 5.74) is 7.92. The van der Waals surface area contributed by atoms with Crippen LogP contribution in [0.2, 0.25) is 0 Å². The number of aromatic nitrogens is 3. The molecule has 0 fully saturated rings. The van der Waals surface area contributed by atoms with Crippen molar-refractivity contribution in [3.63, 3.8) is 0 Å². The van der Waals surface area contributed by atoms with Crippen LogP contribution in [0, 0.1) is 6.92 Å². The number of anilines is 1. The van der Waals surface area contributed by atoms with Crippen molar-refractivity contribution < 1.29 is 4.52 Å². The molecule has 152 valence electrons. The quantitative estimate of drug-likeness (QED) is 0.369. The monoisotopic (exact) mass is 406 g/mol. The number of nitrogens with zero attached hydrogens (tertiary/aromatic N) is 3. The van der Waals surface area contributed by atoms with E-state index in [9.17, 15) is 0 Å². The molecule has 0 spiro atoms. The van der Waals surface area contributed by atoms with Gasteiger partial charge < -0.3 is 9.84 Å². The molecule has 5 heteroatoms. The van der Waals surface area contributed by atoms with Gasteiger partial charge in [0.25, 0.3) is 0 Å². The summed E-state index contributed by atoms with van der Waals surface area (Å²) in [6, 6.07) is 29.1. The van der Waals surface area contributed by atoms with Gasteiger partial charge in [0.2, 0.25) is 0 Å². The average Bonchev–Trinajstić information content (AvgIpc) is 3.49. The van der Waals surface area contributed by atoms with Crippen molar-refractivity contribution in [1.82, 2.24) is 14.9 Å². The molecule has 5 aromatic rings. The molecule has 0 aliphatic carbocycles. The van der Waals surface area contributed by atoms with E-state index in [4.69, 9.17) is 9.62 Å². The Morgan fingerprint density at radius 1 is 0.839 bits per heavy atom. The Hall–Kier alpha value is -4.12. The van der Waals surface area contributed by atoms with Crippen LogP contribution in [0.4, 0.5) is 5.82 Å². The summed E-state index contributed by atoms with van der Waals surface area (Å²) in [5, 5.41) is 12.0. The summed E-state index contributed by atoms with van der Waals surface area (Å²) in [4.78, 5) is 0. The number of nitrogens with one attached hydrogen (secondary N) is 1. The van der Waals surface area contributed by atoms with Gasteiger partial charge in [0.15, 0.2) is 5.82 Å². The fourth-order valence-electron chi connectivity index (χ4n) is 3.75. The second-order valence-corrected chi connectivity index (χ2v) is 7.40. The van der Waals surface area contributed by atoms with Crippen molar-refractivity contribution in [3.05, 3.63) is 109 Å². The third kappa shape index (κ3) is 3.85. The first kappa shape index (κ1) is 18.9. The first-order valence-electron chi connectivity index (χ1n) is 10.2. The first-order valence-corrected chi connectivity index (χ1v) is 10.2. The smallest absolute Gasteiger partial charge is 0.169 e. The second-order valence-electron chi connectivity index (χ2n) is 7.40. The average molecular weight is 406 g/mol. The SMILES string of the molecule is Cc1ccccc1-c1c(CNc2ccon2)cnn1-c1ccc(-c2ccccc2)cc1. The van der Waals surface area contributed by atoms with Crippen molar-refractivity contribution >= 4 is 5.82 Å². The highest BCUT2D eigenvalue weighted by Gasteiger charge is 2.16. The topological polar surface area (TPSA) is 55.9 Å². The second kappa shape index (κ2) is 8.32. The number of hydrogen-bond acceptors (Lipinski definition) is 4. The van der Waals surface area contributed by atoms with E-state index in [1.54, 1.807) is 12.3 Å². The molecular weight excluding hydrogens is 384 g/mol. The summed E-state index contributed by atoms with van der Waals surface area (Å²) < 4.78 is 6.94. The van der Waals surface area contributed by atoms with Crippen LogP contribution in [0.5, 0.6) is 0 Å². The molecular formula is C26H22N4O. The van der Waals surface area contributed by atoms with E-state index in [0.29, 0.717) is 12.4 Å². The molecule has 5 nitrogen and oxygen atoms in total. The zero-order valence-corrected chi connectivity index (χ0v) is 17.2. The summed E-state index contributed by atoms with van der Waals surface area (Å²) in [6.07, 6.45) is 3.47. The predicted molar refractivity (Wildman–Crippen MR) is 123 cm³/mol. The Kier molecular flexibility index (Phi) is 5.07. The summed E-state index contributed by atoms with van der Waals surface area (Å²) in [5.74, 6) is 0.704. The lowest BCUT2D eigenvalue weighted by Gasteiger charge is -2.13. The summed E-state index contributed by atoms with van der Waals surface area (Å²) in [7, 11) is 0. The number of benzene rings is 3. The van der Waals surface area contributed by atoms with E-state index in [2.05, 4.69) is 90.2 Å². The molecule has 5 rings (SSSR count). The summed E-state index contributed by atoms with van der Waals surface area (Å²) >= 11 is 0.